The number of carbonyl (C=O) groups excluding carboxylic acids is 1. The highest BCUT2D eigenvalue weighted by atomic mass is 32.2. The van der Waals surface area contributed by atoms with E-state index < -0.39 is 5.25 Å². The van der Waals surface area contributed by atoms with Crippen molar-refractivity contribution >= 4 is 23.4 Å². The molecule has 8 heteroatoms. The largest absolute Gasteiger partial charge is 0.497 e. The topological polar surface area (TPSA) is 81.1 Å². The molecule has 1 aliphatic rings. The first-order valence-electron chi connectivity index (χ1n) is 10.6. The number of hydrogen-bond acceptors (Lipinski definition) is 6. The summed E-state index contributed by atoms with van der Waals surface area (Å²) >= 11 is 1.40. The van der Waals surface area contributed by atoms with Crippen LogP contribution in [0.3, 0.4) is 0 Å². The molecule has 1 amide bonds. The van der Waals surface area contributed by atoms with Gasteiger partial charge in [0.05, 0.1) is 13.2 Å². The number of hydrogen-bond donors (Lipinski definition) is 2. The van der Waals surface area contributed by atoms with Gasteiger partial charge in [-0.05, 0) is 36.8 Å². The molecule has 2 heterocycles. The van der Waals surface area contributed by atoms with Crippen molar-refractivity contribution in [1.29, 1.82) is 0 Å². The monoisotopic (exact) mass is 457 g/mol. The van der Waals surface area contributed by atoms with Crippen molar-refractivity contribution < 1.29 is 9.53 Å². The molecule has 4 aromatic rings. The third-order valence-electron chi connectivity index (χ3n) is 5.52. The molecule has 2 N–H and O–H groups in total. The number of nitrogens with one attached hydrogen (secondary N) is 2. The average Bonchev–Trinajstić information content (AvgIpc) is 3.28. The van der Waals surface area contributed by atoms with Crippen LogP contribution in [0.1, 0.15) is 17.2 Å². The lowest BCUT2D eigenvalue weighted by atomic mass is 10.0. The fraction of sp³-hybridized carbons (Fsp3) is 0.160. The summed E-state index contributed by atoms with van der Waals surface area (Å²) in [5.41, 5.74) is 7.34. The van der Waals surface area contributed by atoms with Crippen LogP contribution in [-0.2, 0) is 4.79 Å². The summed E-state index contributed by atoms with van der Waals surface area (Å²) < 4.78 is 7.08. The average molecular weight is 458 g/mol. The van der Waals surface area contributed by atoms with Gasteiger partial charge in [-0.1, -0.05) is 71.9 Å². The van der Waals surface area contributed by atoms with Crippen molar-refractivity contribution in [1.82, 2.24) is 14.9 Å². The lowest BCUT2D eigenvalue weighted by molar-refractivity contribution is -0.116. The maximum Gasteiger partial charge on any atom is 0.240 e. The van der Waals surface area contributed by atoms with Gasteiger partial charge in [-0.2, -0.15) is 0 Å². The second kappa shape index (κ2) is 8.99. The number of carbonyl (C=O) groups is 1. The SMILES string of the molecule is COc1ccc(NC(=O)[C@H]2Sc3nnc(-c4ccccc4)n3N[C@@H]2c2ccc(C)cc2)cc1. The smallest absolute Gasteiger partial charge is 0.240 e. The zero-order valence-corrected chi connectivity index (χ0v) is 19.0. The Morgan fingerprint density at radius 2 is 1.73 bits per heavy atom. The molecular formula is C25H23N5O2S. The minimum absolute atomic E-state index is 0.112. The number of aryl methyl sites for hydroxylation is 1. The van der Waals surface area contributed by atoms with Crippen LogP contribution in [-0.4, -0.2) is 33.1 Å². The van der Waals surface area contributed by atoms with Crippen LogP contribution in [0, 0.1) is 6.92 Å². The number of fused-ring (bicyclic) bond motifs is 1. The van der Waals surface area contributed by atoms with Crippen LogP contribution in [0.25, 0.3) is 11.4 Å². The van der Waals surface area contributed by atoms with E-state index in [-0.39, 0.29) is 11.9 Å². The number of ether oxygens (including phenoxy) is 1. The number of benzene rings is 3. The number of aromatic nitrogens is 3. The number of nitrogens with zero attached hydrogens (tertiary/aromatic N) is 3. The number of thioether (sulfide) groups is 1. The van der Waals surface area contributed by atoms with E-state index in [1.807, 2.05) is 66.2 Å². The molecule has 7 nitrogen and oxygen atoms in total. The normalized spacial score (nSPS) is 17.0. The first-order chi connectivity index (χ1) is 16.1. The van der Waals surface area contributed by atoms with Crippen LogP contribution in [0.15, 0.2) is 84.0 Å². The molecule has 0 fully saturated rings. The van der Waals surface area contributed by atoms with E-state index in [1.54, 1.807) is 7.11 Å². The van der Waals surface area contributed by atoms with E-state index in [1.165, 1.54) is 11.8 Å². The summed E-state index contributed by atoms with van der Waals surface area (Å²) in [5, 5.41) is 12.0. The minimum Gasteiger partial charge on any atom is -0.497 e. The Morgan fingerprint density at radius 1 is 1.00 bits per heavy atom. The molecule has 33 heavy (non-hydrogen) atoms. The molecular weight excluding hydrogens is 434 g/mol. The quantitative estimate of drug-likeness (QED) is 0.454. The van der Waals surface area contributed by atoms with Gasteiger partial charge in [0.25, 0.3) is 0 Å². The van der Waals surface area contributed by atoms with Gasteiger partial charge in [-0.25, -0.2) is 4.68 Å². The van der Waals surface area contributed by atoms with Crippen molar-refractivity contribution in [2.24, 2.45) is 0 Å². The lowest BCUT2D eigenvalue weighted by Gasteiger charge is -2.33. The highest BCUT2D eigenvalue weighted by Crippen LogP contribution is 2.39. The third-order valence-corrected chi connectivity index (χ3v) is 6.74. The number of rotatable bonds is 5. The Hall–Kier alpha value is -3.78. The number of anilines is 1. The molecule has 0 saturated carbocycles. The Kier molecular flexibility index (Phi) is 5.75. The van der Waals surface area contributed by atoms with Crippen LogP contribution in [0.4, 0.5) is 5.69 Å². The Labute approximate surface area is 196 Å². The summed E-state index contributed by atoms with van der Waals surface area (Å²) in [6.07, 6.45) is 0. The minimum atomic E-state index is -0.449. The van der Waals surface area contributed by atoms with Gasteiger partial charge < -0.3 is 15.5 Å². The van der Waals surface area contributed by atoms with E-state index >= 15 is 0 Å². The maximum atomic E-state index is 13.4. The molecule has 0 aliphatic carbocycles. The van der Waals surface area contributed by atoms with E-state index in [4.69, 9.17) is 4.74 Å². The predicted octanol–water partition coefficient (Wildman–Crippen LogP) is 4.66. The molecule has 0 unspecified atom stereocenters. The second-order valence-corrected chi connectivity index (χ2v) is 8.89. The molecule has 3 aromatic carbocycles. The molecule has 0 saturated heterocycles. The Balaban J connectivity index is 1.48. The molecule has 5 rings (SSSR count). The molecule has 0 radical (unpaired) electrons. The van der Waals surface area contributed by atoms with Gasteiger partial charge in [0.1, 0.15) is 11.0 Å². The standard InChI is InChI=1S/C25H23N5O2S/c1-16-8-10-17(11-9-16)21-22(24(31)26-19-12-14-20(32-2)15-13-19)33-25-28-27-23(30(25)29-21)18-6-4-3-5-7-18/h3-15,21-22,29H,1-2H3,(H,26,31)/t21-,22+/m1/s1. The summed E-state index contributed by atoms with van der Waals surface area (Å²) in [6.45, 7) is 2.05. The van der Waals surface area contributed by atoms with E-state index in [0.717, 1.165) is 22.4 Å². The number of amides is 1. The predicted molar refractivity (Wildman–Crippen MR) is 130 cm³/mol. The number of methoxy groups -OCH3 is 1. The first kappa shape index (κ1) is 21.1. The third kappa shape index (κ3) is 4.29. The van der Waals surface area contributed by atoms with Gasteiger partial charge >= 0.3 is 0 Å². The van der Waals surface area contributed by atoms with Gasteiger partial charge in [-0.15, -0.1) is 10.2 Å². The van der Waals surface area contributed by atoms with Crippen LogP contribution in [0.2, 0.25) is 0 Å². The van der Waals surface area contributed by atoms with Crippen LogP contribution in [0.5, 0.6) is 5.75 Å². The van der Waals surface area contributed by atoms with Gasteiger partial charge in [0.2, 0.25) is 11.1 Å². The van der Waals surface area contributed by atoms with E-state index in [0.29, 0.717) is 16.7 Å². The Bertz CT molecular complexity index is 1260. The van der Waals surface area contributed by atoms with E-state index in [2.05, 4.69) is 45.2 Å². The maximum absolute atomic E-state index is 13.4. The Morgan fingerprint density at radius 3 is 2.42 bits per heavy atom. The molecule has 166 valence electrons. The molecule has 1 aromatic heterocycles. The van der Waals surface area contributed by atoms with E-state index in [9.17, 15) is 4.79 Å². The van der Waals surface area contributed by atoms with Gasteiger partial charge in [-0.3, -0.25) is 4.79 Å². The second-order valence-electron chi connectivity index (χ2n) is 7.78. The molecule has 1 aliphatic heterocycles. The first-order valence-corrected chi connectivity index (χ1v) is 11.5. The molecule has 0 spiro atoms. The van der Waals surface area contributed by atoms with Crippen molar-refractivity contribution in [3.63, 3.8) is 0 Å². The zero-order chi connectivity index (χ0) is 22.8. The zero-order valence-electron chi connectivity index (χ0n) is 18.2. The fourth-order valence-corrected chi connectivity index (χ4v) is 4.82. The molecule has 0 bridgehead atoms. The van der Waals surface area contributed by atoms with Crippen molar-refractivity contribution in [3.8, 4) is 17.1 Å². The lowest BCUT2D eigenvalue weighted by Crippen LogP contribution is -2.41. The molecule has 2 atom stereocenters. The highest BCUT2D eigenvalue weighted by Gasteiger charge is 2.38. The summed E-state index contributed by atoms with van der Waals surface area (Å²) in [4.78, 5) is 13.4. The summed E-state index contributed by atoms with van der Waals surface area (Å²) in [5.74, 6) is 1.34. The van der Waals surface area contributed by atoms with Crippen LogP contribution >= 0.6 is 11.8 Å². The van der Waals surface area contributed by atoms with Crippen molar-refractivity contribution in [2.75, 3.05) is 17.9 Å². The fourth-order valence-electron chi connectivity index (χ4n) is 3.74. The van der Waals surface area contributed by atoms with Gasteiger partial charge in [0.15, 0.2) is 5.82 Å². The van der Waals surface area contributed by atoms with Crippen molar-refractivity contribution in [2.45, 2.75) is 23.4 Å². The van der Waals surface area contributed by atoms with Gasteiger partial charge in [0, 0.05) is 11.3 Å². The van der Waals surface area contributed by atoms with Crippen molar-refractivity contribution in [3.05, 3.63) is 90.0 Å². The summed E-state index contributed by atoms with van der Waals surface area (Å²) in [6, 6.07) is 25.1. The summed E-state index contributed by atoms with van der Waals surface area (Å²) in [7, 11) is 1.62. The van der Waals surface area contributed by atoms with Crippen LogP contribution < -0.4 is 15.5 Å². The highest BCUT2D eigenvalue weighted by molar-refractivity contribution is 8.00.